The molecule has 0 bridgehead atoms. The highest BCUT2D eigenvalue weighted by atomic mass is 15.1. The van der Waals surface area contributed by atoms with E-state index >= 15 is 0 Å². The third-order valence-corrected chi connectivity index (χ3v) is 3.90. The third-order valence-electron chi connectivity index (χ3n) is 3.90. The van der Waals surface area contributed by atoms with Gasteiger partial charge in [0.1, 0.15) is 0 Å². The van der Waals surface area contributed by atoms with Gasteiger partial charge in [-0.05, 0) is 45.3 Å². The maximum absolute atomic E-state index is 3.76. The maximum atomic E-state index is 3.76. The average molecular weight is 226 g/mol. The lowest BCUT2D eigenvalue weighted by Gasteiger charge is -2.29. The number of nitrogens with one attached hydrogen (secondary N) is 1. The molecule has 0 aliphatic heterocycles. The fourth-order valence-corrected chi connectivity index (χ4v) is 2.73. The van der Waals surface area contributed by atoms with Crippen molar-refractivity contribution in [3.63, 3.8) is 0 Å². The molecule has 0 radical (unpaired) electrons. The van der Waals surface area contributed by atoms with E-state index in [0.29, 0.717) is 0 Å². The van der Waals surface area contributed by atoms with Crippen LogP contribution >= 0.6 is 0 Å². The predicted molar refractivity (Wildman–Crippen MR) is 71.8 cm³/mol. The minimum atomic E-state index is 0.774. The van der Waals surface area contributed by atoms with Crippen LogP contribution in [0.5, 0.6) is 0 Å². The molecule has 0 amide bonds. The monoisotopic (exact) mass is 226 g/mol. The van der Waals surface area contributed by atoms with Crippen molar-refractivity contribution in [1.82, 2.24) is 10.2 Å². The summed E-state index contributed by atoms with van der Waals surface area (Å²) in [5, 5.41) is 3.76. The zero-order chi connectivity index (χ0) is 11.8. The Bertz CT molecular complexity index is 170. The standard InChI is InChI=1S/C14H30N2/c1-4-11-15-14-10-8-6-7-9-13(14)12-16(3)5-2/h13-15H,4-12H2,1-3H3. The Kier molecular flexibility index (Phi) is 7.06. The van der Waals surface area contributed by atoms with Gasteiger partial charge in [-0.3, -0.25) is 0 Å². The van der Waals surface area contributed by atoms with Gasteiger partial charge in [-0.15, -0.1) is 0 Å². The Hall–Kier alpha value is -0.0800. The van der Waals surface area contributed by atoms with E-state index in [2.05, 4.69) is 31.1 Å². The minimum Gasteiger partial charge on any atom is -0.314 e. The number of nitrogens with zero attached hydrogens (tertiary/aromatic N) is 1. The molecule has 0 spiro atoms. The molecular formula is C14H30N2. The van der Waals surface area contributed by atoms with Crippen LogP contribution in [0.4, 0.5) is 0 Å². The quantitative estimate of drug-likeness (QED) is 0.701. The first-order valence-electron chi connectivity index (χ1n) is 7.19. The molecule has 1 rings (SSSR count). The zero-order valence-corrected chi connectivity index (χ0v) is 11.5. The molecule has 1 N–H and O–H groups in total. The largest absolute Gasteiger partial charge is 0.314 e. The van der Waals surface area contributed by atoms with Gasteiger partial charge >= 0.3 is 0 Å². The first-order valence-corrected chi connectivity index (χ1v) is 7.19. The summed E-state index contributed by atoms with van der Waals surface area (Å²) in [5.74, 6) is 0.874. The van der Waals surface area contributed by atoms with E-state index in [0.717, 1.165) is 12.0 Å². The van der Waals surface area contributed by atoms with E-state index in [1.807, 2.05) is 0 Å². The van der Waals surface area contributed by atoms with Gasteiger partial charge in [0, 0.05) is 12.6 Å². The second-order valence-electron chi connectivity index (χ2n) is 5.31. The molecule has 16 heavy (non-hydrogen) atoms. The zero-order valence-electron chi connectivity index (χ0n) is 11.5. The van der Waals surface area contributed by atoms with Crippen LogP contribution in [0.15, 0.2) is 0 Å². The minimum absolute atomic E-state index is 0.774. The Morgan fingerprint density at radius 2 is 1.88 bits per heavy atom. The van der Waals surface area contributed by atoms with Crippen molar-refractivity contribution in [1.29, 1.82) is 0 Å². The normalized spacial score (nSPS) is 27.0. The van der Waals surface area contributed by atoms with Crippen LogP contribution in [0.25, 0.3) is 0 Å². The fraction of sp³-hybridized carbons (Fsp3) is 1.00. The fourth-order valence-electron chi connectivity index (χ4n) is 2.73. The second-order valence-corrected chi connectivity index (χ2v) is 5.31. The molecule has 2 heteroatoms. The highest BCUT2D eigenvalue weighted by molar-refractivity contribution is 4.81. The number of hydrogen-bond acceptors (Lipinski definition) is 2. The first-order chi connectivity index (χ1) is 7.77. The summed E-state index contributed by atoms with van der Waals surface area (Å²) in [7, 11) is 2.25. The Balaban J connectivity index is 2.44. The van der Waals surface area contributed by atoms with E-state index in [-0.39, 0.29) is 0 Å². The third kappa shape index (κ3) is 4.84. The molecule has 2 nitrogen and oxygen atoms in total. The van der Waals surface area contributed by atoms with Crippen molar-refractivity contribution < 1.29 is 0 Å². The average Bonchev–Trinajstić information content (AvgIpc) is 2.52. The van der Waals surface area contributed by atoms with Crippen LogP contribution in [0, 0.1) is 5.92 Å². The lowest BCUT2D eigenvalue weighted by molar-refractivity contribution is 0.231. The van der Waals surface area contributed by atoms with Gasteiger partial charge in [-0.2, -0.15) is 0 Å². The van der Waals surface area contributed by atoms with Crippen LogP contribution in [0.1, 0.15) is 52.4 Å². The van der Waals surface area contributed by atoms with E-state index < -0.39 is 0 Å². The van der Waals surface area contributed by atoms with E-state index in [1.54, 1.807) is 0 Å². The van der Waals surface area contributed by atoms with Gasteiger partial charge in [-0.1, -0.05) is 33.1 Å². The molecule has 0 saturated heterocycles. The van der Waals surface area contributed by atoms with Crippen molar-refractivity contribution in [3.8, 4) is 0 Å². The van der Waals surface area contributed by atoms with Gasteiger partial charge in [0.2, 0.25) is 0 Å². The van der Waals surface area contributed by atoms with Crippen molar-refractivity contribution in [3.05, 3.63) is 0 Å². The SMILES string of the molecule is CCCNC1CCCCCC1CN(C)CC. The van der Waals surface area contributed by atoms with Crippen LogP contribution < -0.4 is 5.32 Å². The highest BCUT2D eigenvalue weighted by Crippen LogP contribution is 2.24. The summed E-state index contributed by atoms with van der Waals surface area (Å²) in [6, 6.07) is 0.774. The molecule has 1 aliphatic rings. The van der Waals surface area contributed by atoms with Crippen LogP contribution in [0.3, 0.4) is 0 Å². The van der Waals surface area contributed by atoms with Gasteiger partial charge < -0.3 is 10.2 Å². The first kappa shape index (κ1) is 14.0. The molecule has 1 fully saturated rings. The summed E-state index contributed by atoms with van der Waals surface area (Å²) in [6.45, 7) is 8.16. The number of hydrogen-bond donors (Lipinski definition) is 1. The van der Waals surface area contributed by atoms with E-state index in [9.17, 15) is 0 Å². The topological polar surface area (TPSA) is 15.3 Å². The summed E-state index contributed by atoms with van der Waals surface area (Å²) < 4.78 is 0. The smallest absolute Gasteiger partial charge is 0.0107 e. The van der Waals surface area contributed by atoms with Crippen LogP contribution in [0.2, 0.25) is 0 Å². The molecule has 0 aromatic carbocycles. The molecule has 96 valence electrons. The van der Waals surface area contributed by atoms with Crippen molar-refractivity contribution in [2.24, 2.45) is 5.92 Å². The molecule has 0 aromatic heterocycles. The molecule has 0 heterocycles. The van der Waals surface area contributed by atoms with Gasteiger partial charge in [0.25, 0.3) is 0 Å². The van der Waals surface area contributed by atoms with Crippen molar-refractivity contribution >= 4 is 0 Å². The summed E-state index contributed by atoms with van der Waals surface area (Å²) in [4.78, 5) is 2.47. The molecule has 1 aliphatic carbocycles. The number of rotatable bonds is 6. The van der Waals surface area contributed by atoms with Crippen LogP contribution in [-0.2, 0) is 0 Å². The lowest BCUT2D eigenvalue weighted by Crippen LogP contribution is -2.41. The Labute approximate surface area is 102 Å². The second kappa shape index (κ2) is 8.08. The summed E-state index contributed by atoms with van der Waals surface area (Å²) >= 11 is 0. The van der Waals surface area contributed by atoms with Gasteiger partial charge in [-0.25, -0.2) is 0 Å². The predicted octanol–water partition coefficient (Wildman–Crippen LogP) is 2.89. The maximum Gasteiger partial charge on any atom is 0.0107 e. The van der Waals surface area contributed by atoms with E-state index in [1.165, 1.54) is 58.2 Å². The molecular weight excluding hydrogens is 196 g/mol. The Morgan fingerprint density at radius 3 is 2.56 bits per heavy atom. The lowest BCUT2D eigenvalue weighted by atomic mass is 9.94. The highest BCUT2D eigenvalue weighted by Gasteiger charge is 2.23. The van der Waals surface area contributed by atoms with Crippen molar-refractivity contribution in [2.45, 2.75) is 58.4 Å². The van der Waals surface area contributed by atoms with Gasteiger partial charge in [0.05, 0.1) is 0 Å². The molecule has 2 unspecified atom stereocenters. The Morgan fingerprint density at radius 1 is 1.12 bits per heavy atom. The van der Waals surface area contributed by atoms with Crippen molar-refractivity contribution in [2.75, 3.05) is 26.7 Å². The van der Waals surface area contributed by atoms with Crippen LogP contribution in [-0.4, -0.2) is 37.6 Å². The molecule has 2 atom stereocenters. The van der Waals surface area contributed by atoms with Gasteiger partial charge in [0.15, 0.2) is 0 Å². The molecule has 1 saturated carbocycles. The van der Waals surface area contributed by atoms with E-state index in [4.69, 9.17) is 0 Å². The summed E-state index contributed by atoms with van der Waals surface area (Å²) in [6.07, 6.45) is 8.37. The summed E-state index contributed by atoms with van der Waals surface area (Å²) in [5.41, 5.74) is 0. The molecule has 0 aromatic rings.